The Bertz CT molecular complexity index is 1860. The summed E-state index contributed by atoms with van der Waals surface area (Å²) in [7, 11) is 1.29. The minimum Gasteiger partial charge on any atom is -0.465 e. The smallest absolute Gasteiger partial charge is 0.407 e. The fourth-order valence-electron chi connectivity index (χ4n) is 6.81. The Labute approximate surface area is 304 Å². The van der Waals surface area contributed by atoms with Gasteiger partial charge < -0.3 is 30.3 Å². The number of aromatic nitrogens is 2. The Morgan fingerprint density at radius 1 is 0.745 bits per heavy atom. The number of methoxy groups -OCH3 is 1. The van der Waals surface area contributed by atoms with Gasteiger partial charge in [-0.25, -0.2) is 19.6 Å². The van der Waals surface area contributed by atoms with E-state index in [9.17, 15) is 19.2 Å². The van der Waals surface area contributed by atoms with Gasteiger partial charge in [0.1, 0.15) is 22.1 Å². The van der Waals surface area contributed by atoms with Gasteiger partial charge in [0.2, 0.25) is 11.8 Å². The fraction of sp³-hybridized carbons (Fsp3) is 0.405. The molecular weight excluding hydrogens is 689 g/mol. The highest BCUT2D eigenvalue weighted by Gasteiger charge is 2.37. The lowest BCUT2D eigenvalue weighted by Gasteiger charge is -2.27. The summed E-state index contributed by atoms with van der Waals surface area (Å²) in [5.74, 6) is -0.313. The summed E-state index contributed by atoms with van der Waals surface area (Å²) in [6.45, 7) is 4.88. The molecule has 4 aromatic rings. The number of carbonyl (C=O) groups is 4. The van der Waals surface area contributed by atoms with Gasteiger partial charge >= 0.3 is 12.2 Å². The molecular formula is C37H42N6O6S2. The molecule has 4 heterocycles. The predicted octanol–water partition coefficient (Wildman–Crippen LogP) is 7.11. The molecule has 2 fully saturated rings. The third-order valence-electron chi connectivity index (χ3n) is 9.55. The maximum atomic E-state index is 13.3. The topological polar surface area (TPSA) is 154 Å². The van der Waals surface area contributed by atoms with Crippen LogP contribution in [0.15, 0.2) is 60.9 Å². The minimum atomic E-state index is -1.20. The molecule has 4 atom stereocenters. The van der Waals surface area contributed by atoms with Gasteiger partial charge in [0.15, 0.2) is 0 Å². The molecule has 2 aliphatic heterocycles. The van der Waals surface area contributed by atoms with E-state index in [-0.39, 0.29) is 23.9 Å². The van der Waals surface area contributed by atoms with Crippen molar-refractivity contribution in [2.24, 2.45) is 0 Å². The molecule has 0 bridgehead atoms. The van der Waals surface area contributed by atoms with Crippen LogP contribution in [-0.4, -0.2) is 81.2 Å². The Morgan fingerprint density at radius 2 is 1.16 bits per heavy atom. The molecule has 0 radical (unpaired) electrons. The van der Waals surface area contributed by atoms with Gasteiger partial charge in [-0.3, -0.25) is 9.59 Å². The third-order valence-corrected chi connectivity index (χ3v) is 11.8. The number of carbonyl (C=O) groups excluding carboxylic acids is 3. The van der Waals surface area contributed by atoms with Crippen LogP contribution >= 0.6 is 22.7 Å². The van der Waals surface area contributed by atoms with Crippen molar-refractivity contribution in [3.63, 3.8) is 0 Å². The summed E-state index contributed by atoms with van der Waals surface area (Å²) in [5.41, 5.74) is 4.25. The van der Waals surface area contributed by atoms with E-state index < -0.39 is 24.3 Å². The molecule has 12 nitrogen and oxygen atoms in total. The molecule has 2 aliphatic rings. The molecule has 0 unspecified atom stereocenters. The van der Waals surface area contributed by atoms with Crippen LogP contribution in [0.4, 0.5) is 9.59 Å². The summed E-state index contributed by atoms with van der Waals surface area (Å²) in [5, 5.41) is 15.9. The zero-order chi connectivity index (χ0) is 36.1. The van der Waals surface area contributed by atoms with E-state index in [1.54, 1.807) is 34.5 Å². The van der Waals surface area contributed by atoms with E-state index in [4.69, 9.17) is 14.8 Å². The zero-order valence-electron chi connectivity index (χ0n) is 28.8. The molecule has 14 heteroatoms. The summed E-state index contributed by atoms with van der Waals surface area (Å²) in [6.07, 6.45) is 6.13. The second kappa shape index (κ2) is 16.0. The first kappa shape index (κ1) is 36.0. The first-order valence-corrected chi connectivity index (χ1v) is 18.9. The summed E-state index contributed by atoms with van der Waals surface area (Å²) in [4.78, 5) is 64.5. The molecule has 268 valence electrons. The number of carboxylic acid groups (broad SMARTS) is 1. The van der Waals surface area contributed by atoms with E-state index in [0.717, 1.165) is 67.7 Å². The quantitative estimate of drug-likeness (QED) is 0.148. The van der Waals surface area contributed by atoms with Crippen LogP contribution in [0.2, 0.25) is 0 Å². The van der Waals surface area contributed by atoms with Crippen LogP contribution in [0, 0.1) is 0 Å². The van der Waals surface area contributed by atoms with Crippen LogP contribution < -0.4 is 10.6 Å². The van der Waals surface area contributed by atoms with Crippen molar-refractivity contribution in [3.8, 4) is 32.0 Å². The van der Waals surface area contributed by atoms with Gasteiger partial charge in [0.05, 0.1) is 28.9 Å². The monoisotopic (exact) mass is 730 g/mol. The van der Waals surface area contributed by atoms with Crippen LogP contribution in [0.3, 0.4) is 0 Å². The number of nitrogens with zero attached hydrogens (tertiary/aromatic N) is 4. The maximum Gasteiger partial charge on any atom is 0.407 e. The normalized spacial score (nSPS) is 18.3. The van der Waals surface area contributed by atoms with E-state index in [2.05, 4.69) is 64.1 Å². The number of ether oxygens (including phenoxy) is 1. The molecule has 2 aromatic heterocycles. The van der Waals surface area contributed by atoms with Crippen LogP contribution in [0.5, 0.6) is 0 Å². The summed E-state index contributed by atoms with van der Waals surface area (Å²) >= 11 is 3.16. The molecule has 51 heavy (non-hydrogen) atoms. The Balaban J connectivity index is 1.10. The number of hydrogen-bond acceptors (Lipinski definition) is 9. The third kappa shape index (κ3) is 7.91. The van der Waals surface area contributed by atoms with Gasteiger partial charge in [-0.15, -0.1) is 22.7 Å². The number of nitrogens with one attached hydrogen (secondary N) is 2. The largest absolute Gasteiger partial charge is 0.465 e. The number of thiazole rings is 2. The van der Waals surface area contributed by atoms with Crippen molar-refractivity contribution in [2.45, 2.75) is 76.5 Å². The molecule has 0 spiro atoms. The average Bonchev–Trinajstić information content (AvgIpc) is 3.99. The van der Waals surface area contributed by atoms with Gasteiger partial charge in [-0.2, -0.15) is 0 Å². The predicted molar refractivity (Wildman–Crippen MR) is 196 cm³/mol. The number of hydrogen-bond donors (Lipinski definition) is 3. The summed E-state index contributed by atoms with van der Waals surface area (Å²) < 4.78 is 4.70. The SMILES string of the molecule is CC[C@H](NC(=O)O)C(=O)N1CCC[C@H]1c1ncc(-c2ccc(-c3ccc(-c4cnc([C@@H]5CCCN5C(=O)[C@H](CC)NC(=O)OC)s4)cc3)cc2)s1. The second-order valence-corrected chi connectivity index (χ2v) is 14.8. The number of benzene rings is 2. The van der Waals surface area contributed by atoms with Gasteiger partial charge in [0.25, 0.3) is 0 Å². The fourth-order valence-corrected chi connectivity index (χ4v) is 8.95. The lowest BCUT2D eigenvalue weighted by atomic mass is 10.0. The molecule has 0 saturated carbocycles. The molecule has 0 aliphatic carbocycles. The molecule has 2 saturated heterocycles. The summed E-state index contributed by atoms with van der Waals surface area (Å²) in [6, 6.07) is 15.0. The van der Waals surface area contributed by atoms with E-state index in [0.29, 0.717) is 25.9 Å². The Morgan fingerprint density at radius 3 is 1.55 bits per heavy atom. The van der Waals surface area contributed by atoms with Gasteiger partial charge in [-0.05, 0) is 60.8 Å². The average molecular weight is 731 g/mol. The van der Waals surface area contributed by atoms with E-state index in [1.807, 2.05) is 24.2 Å². The van der Waals surface area contributed by atoms with E-state index >= 15 is 0 Å². The highest BCUT2D eigenvalue weighted by molar-refractivity contribution is 7.15. The standard InChI is InChI=1S/C37H42N6O6S2/c1-4-26(40-36(46)47)34(44)42-18-6-8-28(42)32-38-20-30(50-32)24-14-10-22(11-15-24)23-12-16-25(17-13-23)31-21-39-33(51-31)29-9-7-19-43(29)35(45)27(5-2)41-37(48)49-3/h10-17,20-21,26-29,40H,4-9,18-19H2,1-3H3,(H,41,48)(H,46,47)/t26-,27-,28-,29-/m0/s1. The number of alkyl carbamates (subject to hydrolysis) is 1. The Hall–Kier alpha value is -4.82. The van der Waals surface area contributed by atoms with E-state index in [1.165, 1.54) is 7.11 Å². The highest BCUT2D eigenvalue weighted by atomic mass is 32.1. The van der Waals surface area contributed by atoms with Crippen LogP contribution in [0.25, 0.3) is 32.0 Å². The number of rotatable bonds is 11. The number of likely N-dealkylation sites (tertiary alicyclic amines) is 2. The van der Waals surface area contributed by atoms with Crippen molar-refractivity contribution >= 4 is 46.7 Å². The minimum absolute atomic E-state index is 0.113. The van der Waals surface area contributed by atoms with Crippen LogP contribution in [-0.2, 0) is 14.3 Å². The molecule has 6 rings (SSSR count). The first-order chi connectivity index (χ1) is 24.7. The highest BCUT2D eigenvalue weighted by Crippen LogP contribution is 2.40. The Kier molecular flexibility index (Phi) is 11.3. The van der Waals surface area contributed by atoms with Crippen molar-refractivity contribution in [1.82, 2.24) is 30.4 Å². The zero-order valence-corrected chi connectivity index (χ0v) is 30.5. The van der Waals surface area contributed by atoms with Crippen molar-refractivity contribution in [1.29, 1.82) is 0 Å². The first-order valence-electron chi connectivity index (χ1n) is 17.3. The number of amides is 4. The molecule has 2 aromatic carbocycles. The van der Waals surface area contributed by atoms with Crippen molar-refractivity contribution < 1.29 is 29.0 Å². The molecule has 3 N–H and O–H groups in total. The lowest BCUT2D eigenvalue weighted by molar-refractivity contribution is -0.135. The van der Waals surface area contributed by atoms with Gasteiger partial charge in [0, 0.05) is 25.5 Å². The van der Waals surface area contributed by atoms with Gasteiger partial charge in [-0.1, -0.05) is 62.4 Å². The lowest BCUT2D eigenvalue weighted by Crippen LogP contribution is -2.48. The second-order valence-electron chi connectivity index (χ2n) is 12.7. The maximum absolute atomic E-state index is 13.3. The van der Waals surface area contributed by atoms with Crippen molar-refractivity contribution in [3.05, 3.63) is 70.9 Å². The van der Waals surface area contributed by atoms with Crippen molar-refractivity contribution in [2.75, 3.05) is 20.2 Å². The molecule has 4 amide bonds. The van der Waals surface area contributed by atoms with Crippen LogP contribution in [0.1, 0.15) is 74.5 Å².